The Morgan fingerprint density at radius 2 is 2.12 bits per heavy atom. The number of hydrogen-bond acceptors (Lipinski definition) is 2. The van der Waals surface area contributed by atoms with Crippen LogP contribution in [0.1, 0.15) is 30.9 Å². The summed E-state index contributed by atoms with van der Waals surface area (Å²) in [5.41, 5.74) is 8.37. The van der Waals surface area contributed by atoms with Gasteiger partial charge in [0.1, 0.15) is 5.75 Å². The maximum atomic E-state index is 5.86. The molecule has 0 bridgehead atoms. The maximum Gasteiger partial charge on any atom is 0.122 e. The van der Waals surface area contributed by atoms with Crippen molar-refractivity contribution in [1.82, 2.24) is 0 Å². The van der Waals surface area contributed by atoms with E-state index in [0.29, 0.717) is 0 Å². The predicted molar refractivity (Wildman–Crippen MR) is 74.0 cm³/mol. The summed E-state index contributed by atoms with van der Waals surface area (Å²) in [6, 6.07) is 6.55. The highest BCUT2D eigenvalue weighted by molar-refractivity contribution is 5.85. The van der Waals surface area contributed by atoms with Gasteiger partial charge in [-0.15, -0.1) is 12.4 Å². The monoisotopic (exact) mass is 255 g/mol. The Morgan fingerprint density at radius 1 is 1.41 bits per heavy atom. The Morgan fingerprint density at radius 3 is 2.71 bits per heavy atom. The van der Waals surface area contributed by atoms with Crippen LogP contribution in [0.15, 0.2) is 18.2 Å². The minimum Gasteiger partial charge on any atom is -0.493 e. The molecule has 2 nitrogen and oxygen atoms in total. The zero-order valence-electron chi connectivity index (χ0n) is 10.6. The van der Waals surface area contributed by atoms with Gasteiger partial charge in [-0.2, -0.15) is 0 Å². The summed E-state index contributed by atoms with van der Waals surface area (Å²) < 4.78 is 5.86. The van der Waals surface area contributed by atoms with Crippen molar-refractivity contribution in [3.63, 3.8) is 0 Å². The van der Waals surface area contributed by atoms with Gasteiger partial charge in [-0.1, -0.05) is 17.7 Å². The molecule has 0 spiro atoms. The van der Waals surface area contributed by atoms with E-state index in [1.54, 1.807) is 0 Å². The lowest BCUT2D eigenvalue weighted by Crippen LogP contribution is -2.18. The number of rotatable bonds is 5. The second-order valence-electron chi connectivity index (χ2n) is 5.05. The van der Waals surface area contributed by atoms with E-state index in [4.69, 9.17) is 10.5 Å². The molecule has 1 atom stereocenters. The van der Waals surface area contributed by atoms with Gasteiger partial charge in [-0.25, -0.2) is 0 Å². The lowest BCUT2D eigenvalue weighted by atomic mass is 10.0. The van der Waals surface area contributed by atoms with Gasteiger partial charge < -0.3 is 10.5 Å². The van der Waals surface area contributed by atoms with Crippen LogP contribution in [0.3, 0.4) is 0 Å². The van der Waals surface area contributed by atoms with E-state index in [1.165, 1.54) is 24.0 Å². The molecule has 1 unspecified atom stereocenters. The van der Waals surface area contributed by atoms with Crippen molar-refractivity contribution < 1.29 is 4.74 Å². The fourth-order valence-electron chi connectivity index (χ4n) is 1.85. The Hall–Kier alpha value is -0.730. The molecule has 0 aliphatic heterocycles. The van der Waals surface area contributed by atoms with Crippen LogP contribution >= 0.6 is 12.4 Å². The predicted octanol–water partition coefficient (Wildman–Crippen LogP) is 3.10. The Bertz CT molecular complexity index is 361. The first-order valence-corrected chi connectivity index (χ1v) is 6.13. The van der Waals surface area contributed by atoms with Crippen molar-refractivity contribution in [2.45, 2.75) is 39.2 Å². The highest BCUT2D eigenvalue weighted by Gasteiger charge is 2.22. The van der Waals surface area contributed by atoms with Gasteiger partial charge in [0.15, 0.2) is 0 Å². The molecule has 1 aromatic carbocycles. The second kappa shape index (κ2) is 6.27. The molecule has 0 heterocycles. The smallest absolute Gasteiger partial charge is 0.122 e. The van der Waals surface area contributed by atoms with Crippen LogP contribution in [0.4, 0.5) is 0 Å². The average Bonchev–Trinajstić information content (AvgIpc) is 2.99. The summed E-state index contributed by atoms with van der Waals surface area (Å²) in [5, 5.41) is 0. The second-order valence-corrected chi connectivity index (χ2v) is 5.05. The van der Waals surface area contributed by atoms with Crippen molar-refractivity contribution in [2.24, 2.45) is 11.7 Å². The quantitative estimate of drug-likeness (QED) is 0.878. The minimum absolute atomic E-state index is 0. The first-order valence-electron chi connectivity index (χ1n) is 6.13. The molecule has 3 heteroatoms. The van der Waals surface area contributed by atoms with Gasteiger partial charge >= 0.3 is 0 Å². The van der Waals surface area contributed by atoms with Gasteiger partial charge in [0.2, 0.25) is 0 Å². The van der Waals surface area contributed by atoms with Crippen molar-refractivity contribution in [1.29, 1.82) is 0 Å². The summed E-state index contributed by atoms with van der Waals surface area (Å²) in [5.74, 6) is 1.82. The summed E-state index contributed by atoms with van der Waals surface area (Å²) in [6.07, 6.45) is 3.55. The number of hydrogen-bond donors (Lipinski definition) is 1. The van der Waals surface area contributed by atoms with Gasteiger partial charge in [0.05, 0.1) is 6.61 Å². The summed E-state index contributed by atoms with van der Waals surface area (Å²) in [6.45, 7) is 5.01. The molecule has 1 aromatic rings. The summed E-state index contributed by atoms with van der Waals surface area (Å²) in [7, 11) is 0. The first-order chi connectivity index (χ1) is 7.65. The summed E-state index contributed by atoms with van der Waals surface area (Å²) >= 11 is 0. The van der Waals surface area contributed by atoms with E-state index in [-0.39, 0.29) is 18.4 Å². The van der Waals surface area contributed by atoms with Crippen LogP contribution in [-0.2, 0) is 6.42 Å². The van der Waals surface area contributed by atoms with Gasteiger partial charge in [-0.3, -0.25) is 0 Å². The molecule has 0 aromatic heterocycles. The van der Waals surface area contributed by atoms with Crippen LogP contribution in [0.5, 0.6) is 5.75 Å². The normalized spacial score (nSPS) is 16.2. The third-order valence-corrected chi connectivity index (χ3v) is 2.93. The Balaban J connectivity index is 0.00000144. The molecule has 2 rings (SSSR count). The van der Waals surface area contributed by atoms with Crippen LogP contribution in [-0.4, -0.2) is 12.6 Å². The minimum atomic E-state index is 0. The lowest BCUT2D eigenvalue weighted by molar-refractivity contribution is 0.296. The molecule has 17 heavy (non-hydrogen) atoms. The van der Waals surface area contributed by atoms with Crippen molar-refractivity contribution in [2.75, 3.05) is 6.61 Å². The number of nitrogens with two attached hydrogens (primary N) is 1. The zero-order chi connectivity index (χ0) is 11.5. The molecule has 1 aliphatic rings. The van der Waals surface area contributed by atoms with E-state index in [9.17, 15) is 0 Å². The number of aryl methyl sites for hydroxylation is 1. The molecule has 0 amide bonds. The zero-order valence-corrected chi connectivity index (χ0v) is 11.4. The highest BCUT2D eigenvalue weighted by Crippen LogP contribution is 2.30. The van der Waals surface area contributed by atoms with Crippen molar-refractivity contribution in [3.05, 3.63) is 29.3 Å². The van der Waals surface area contributed by atoms with Gasteiger partial charge in [0.25, 0.3) is 0 Å². The standard InChI is InChI=1S/C14H21NO.ClH/c1-10-3-6-14(16-9-12-4-5-12)13(7-10)8-11(2)15;/h3,6-7,11-12H,4-5,8-9,15H2,1-2H3;1H. The van der Waals surface area contributed by atoms with E-state index >= 15 is 0 Å². The molecule has 96 valence electrons. The number of halogens is 1. The van der Waals surface area contributed by atoms with Crippen molar-refractivity contribution in [3.8, 4) is 5.75 Å². The number of benzene rings is 1. The summed E-state index contributed by atoms with van der Waals surface area (Å²) in [4.78, 5) is 0. The average molecular weight is 256 g/mol. The fourth-order valence-corrected chi connectivity index (χ4v) is 1.85. The third kappa shape index (κ3) is 4.57. The van der Waals surface area contributed by atoms with Gasteiger partial charge in [-0.05, 0) is 50.7 Å². The third-order valence-electron chi connectivity index (χ3n) is 2.93. The lowest BCUT2D eigenvalue weighted by Gasteiger charge is -2.13. The SMILES string of the molecule is Cc1ccc(OCC2CC2)c(CC(C)N)c1.Cl. The highest BCUT2D eigenvalue weighted by atomic mass is 35.5. The van der Waals surface area contributed by atoms with Crippen molar-refractivity contribution >= 4 is 12.4 Å². The fraction of sp³-hybridized carbons (Fsp3) is 0.571. The Labute approximate surface area is 110 Å². The van der Waals surface area contributed by atoms with Gasteiger partial charge in [0, 0.05) is 6.04 Å². The van der Waals surface area contributed by atoms with E-state index in [2.05, 4.69) is 25.1 Å². The van der Waals surface area contributed by atoms with Crippen LogP contribution in [0.25, 0.3) is 0 Å². The molecular formula is C14H22ClNO. The molecule has 0 saturated heterocycles. The van der Waals surface area contributed by atoms with Crippen LogP contribution in [0.2, 0.25) is 0 Å². The Kier molecular flexibility index (Phi) is 5.29. The molecular weight excluding hydrogens is 234 g/mol. The van der Waals surface area contributed by atoms with Crippen LogP contribution < -0.4 is 10.5 Å². The molecule has 0 radical (unpaired) electrons. The molecule has 2 N–H and O–H groups in total. The maximum absolute atomic E-state index is 5.86. The van der Waals surface area contributed by atoms with E-state index in [1.807, 2.05) is 6.92 Å². The van der Waals surface area contributed by atoms with Crippen LogP contribution in [0, 0.1) is 12.8 Å². The molecule has 1 saturated carbocycles. The number of ether oxygens (including phenoxy) is 1. The molecule has 1 fully saturated rings. The van der Waals surface area contributed by atoms with E-state index < -0.39 is 0 Å². The molecule has 1 aliphatic carbocycles. The largest absolute Gasteiger partial charge is 0.493 e. The first kappa shape index (κ1) is 14.3. The van der Waals surface area contributed by atoms with E-state index in [0.717, 1.165) is 24.7 Å². The topological polar surface area (TPSA) is 35.2 Å².